The molecule has 35 heavy (non-hydrogen) atoms. The number of piperazine rings is 1. The quantitative estimate of drug-likeness (QED) is 0.429. The highest BCUT2D eigenvalue weighted by Gasteiger charge is 2.20. The van der Waals surface area contributed by atoms with E-state index in [0.29, 0.717) is 41.7 Å². The van der Waals surface area contributed by atoms with Crippen molar-refractivity contribution in [1.29, 1.82) is 0 Å². The standard InChI is InChI=1S/C27H26N6O2/c34-25(20-8-11-30-22(16-20)9-10-29-18-19-4-2-1-3-5-19)26-31-23-7-6-21(17-24(23)32-26)27(35)33-14-12-28-13-15-33/h1-4,6-8,10-11,16-18,28H,5,9,12-15H2,(H,31,32)/b19-18-,29-10?. The van der Waals surface area contributed by atoms with Gasteiger partial charge in [-0.15, -0.1) is 0 Å². The number of aliphatic imine (C=N–C) groups is 1. The number of carbonyl (C=O) groups excluding carboxylic acids is 2. The average Bonchev–Trinajstić information content (AvgIpc) is 3.35. The van der Waals surface area contributed by atoms with Crippen LogP contribution in [0, 0.1) is 0 Å². The number of aromatic amines is 1. The molecule has 3 aromatic rings. The number of hydrogen-bond donors (Lipinski definition) is 2. The number of ketones is 1. The Bertz CT molecular complexity index is 1380. The van der Waals surface area contributed by atoms with Crippen molar-refractivity contribution in [2.75, 3.05) is 26.2 Å². The molecule has 1 aliphatic carbocycles. The topological polar surface area (TPSA) is 103 Å². The van der Waals surface area contributed by atoms with Gasteiger partial charge in [-0.05, 0) is 42.3 Å². The number of nitrogens with one attached hydrogen (secondary N) is 2. The maximum Gasteiger partial charge on any atom is 0.254 e. The highest BCUT2D eigenvalue weighted by molar-refractivity contribution is 6.08. The van der Waals surface area contributed by atoms with Crippen molar-refractivity contribution in [2.24, 2.45) is 4.99 Å². The van der Waals surface area contributed by atoms with E-state index in [9.17, 15) is 9.59 Å². The SMILES string of the molecule is O=C(c1ccnc(CC=N/C=C2/C=CC=CC2)c1)c1nc2ccc(C(=O)N3CCNCC3)cc2[nH]1. The average molecular weight is 467 g/mol. The first-order valence-electron chi connectivity index (χ1n) is 11.7. The predicted molar refractivity (Wildman–Crippen MR) is 136 cm³/mol. The molecule has 1 saturated heterocycles. The second-order valence-electron chi connectivity index (χ2n) is 8.46. The molecule has 0 radical (unpaired) electrons. The van der Waals surface area contributed by atoms with Crippen molar-refractivity contribution < 1.29 is 9.59 Å². The second kappa shape index (κ2) is 10.4. The molecule has 176 valence electrons. The van der Waals surface area contributed by atoms with E-state index in [4.69, 9.17) is 0 Å². The van der Waals surface area contributed by atoms with E-state index >= 15 is 0 Å². The van der Waals surface area contributed by atoms with Gasteiger partial charge in [0, 0.05) is 68.0 Å². The first-order chi connectivity index (χ1) is 17.2. The summed E-state index contributed by atoms with van der Waals surface area (Å²) in [6.07, 6.45) is 14.8. The Labute approximate surface area is 203 Å². The number of amides is 1. The van der Waals surface area contributed by atoms with Gasteiger partial charge in [0.15, 0.2) is 5.82 Å². The lowest BCUT2D eigenvalue weighted by Crippen LogP contribution is -2.46. The largest absolute Gasteiger partial charge is 0.336 e. The smallest absolute Gasteiger partial charge is 0.254 e. The third-order valence-electron chi connectivity index (χ3n) is 5.98. The lowest BCUT2D eigenvalue weighted by molar-refractivity contribution is 0.0736. The first kappa shape index (κ1) is 22.6. The summed E-state index contributed by atoms with van der Waals surface area (Å²) in [6.45, 7) is 2.96. The van der Waals surface area contributed by atoms with Crippen LogP contribution in [0.2, 0.25) is 0 Å². The Hall–Kier alpha value is -4.17. The van der Waals surface area contributed by atoms with Crippen LogP contribution in [0.1, 0.15) is 38.7 Å². The molecule has 5 rings (SSSR count). The number of carbonyl (C=O) groups is 2. The number of H-pyrrole nitrogens is 1. The molecule has 3 heterocycles. The fourth-order valence-electron chi connectivity index (χ4n) is 4.09. The lowest BCUT2D eigenvalue weighted by atomic mass is 10.1. The minimum absolute atomic E-state index is 0.0112. The van der Waals surface area contributed by atoms with E-state index in [1.807, 2.05) is 29.3 Å². The number of fused-ring (bicyclic) bond motifs is 1. The van der Waals surface area contributed by atoms with Gasteiger partial charge in [0.05, 0.1) is 11.0 Å². The summed E-state index contributed by atoms with van der Waals surface area (Å²) in [5.41, 5.74) is 4.28. The van der Waals surface area contributed by atoms with Gasteiger partial charge in [-0.1, -0.05) is 24.3 Å². The van der Waals surface area contributed by atoms with Crippen LogP contribution in [0.15, 0.2) is 77.6 Å². The first-order valence-corrected chi connectivity index (χ1v) is 11.7. The van der Waals surface area contributed by atoms with E-state index in [1.54, 1.807) is 42.7 Å². The van der Waals surface area contributed by atoms with Crippen LogP contribution < -0.4 is 5.32 Å². The molecular formula is C27H26N6O2. The van der Waals surface area contributed by atoms with Gasteiger partial charge in [0.2, 0.25) is 5.78 Å². The predicted octanol–water partition coefficient (Wildman–Crippen LogP) is 3.25. The summed E-state index contributed by atoms with van der Waals surface area (Å²) < 4.78 is 0. The molecule has 1 aliphatic heterocycles. The monoisotopic (exact) mass is 466 g/mol. The normalized spacial score (nSPS) is 17.0. The van der Waals surface area contributed by atoms with E-state index in [-0.39, 0.29) is 17.5 Å². The summed E-state index contributed by atoms with van der Waals surface area (Å²) in [4.78, 5) is 44.0. The van der Waals surface area contributed by atoms with Crippen LogP contribution in [0.3, 0.4) is 0 Å². The third kappa shape index (κ3) is 5.33. The summed E-state index contributed by atoms with van der Waals surface area (Å²) in [5.74, 6) is 0.000385. The molecule has 8 nitrogen and oxygen atoms in total. The molecule has 1 amide bonds. The van der Waals surface area contributed by atoms with Gasteiger partial charge in [-0.3, -0.25) is 19.6 Å². The van der Waals surface area contributed by atoms with Crippen molar-refractivity contribution >= 4 is 28.9 Å². The highest BCUT2D eigenvalue weighted by atomic mass is 16.2. The maximum atomic E-state index is 13.1. The number of aromatic nitrogens is 3. The van der Waals surface area contributed by atoms with Gasteiger partial charge < -0.3 is 15.2 Å². The number of pyridine rings is 1. The third-order valence-corrected chi connectivity index (χ3v) is 5.98. The molecule has 0 bridgehead atoms. The van der Waals surface area contributed by atoms with Crippen molar-refractivity contribution in [3.05, 3.63) is 95.3 Å². The molecule has 0 atom stereocenters. The van der Waals surface area contributed by atoms with E-state index in [1.165, 1.54) is 0 Å². The van der Waals surface area contributed by atoms with Crippen LogP contribution in [0.25, 0.3) is 11.0 Å². The Morgan fingerprint density at radius 3 is 2.80 bits per heavy atom. The van der Waals surface area contributed by atoms with Crippen LogP contribution >= 0.6 is 0 Å². The summed E-state index contributed by atoms with van der Waals surface area (Å²) >= 11 is 0. The lowest BCUT2D eigenvalue weighted by Gasteiger charge is -2.27. The Morgan fingerprint density at radius 2 is 1.97 bits per heavy atom. The zero-order valence-electron chi connectivity index (χ0n) is 19.3. The van der Waals surface area contributed by atoms with Crippen molar-refractivity contribution in [3.63, 3.8) is 0 Å². The van der Waals surface area contributed by atoms with Crippen LogP contribution in [0.4, 0.5) is 0 Å². The van der Waals surface area contributed by atoms with E-state index in [2.05, 4.69) is 31.3 Å². The number of nitrogens with zero attached hydrogens (tertiary/aromatic N) is 4. The van der Waals surface area contributed by atoms with Crippen LogP contribution in [-0.4, -0.2) is 63.9 Å². The molecule has 2 aliphatic rings. The van der Waals surface area contributed by atoms with Gasteiger partial charge in [0.1, 0.15) is 0 Å². The number of benzene rings is 1. The van der Waals surface area contributed by atoms with Crippen LogP contribution in [0.5, 0.6) is 0 Å². The molecule has 1 aromatic carbocycles. The van der Waals surface area contributed by atoms with Gasteiger partial charge in [-0.2, -0.15) is 0 Å². The number of rotatable bonds is 6. The van der Waals surface area contributed by atoms with E-state index in [0.717, 1.165) is 30.8 Å². The molecule has 8 heteroatoms. The molecule has 2 aromatic heterocycles. The Balaban J connectivity index is 1.29. The molecule has 0 saturated carbocycles. The molecule has 2 N–H and O–H groups in total. The minimum Gasteiger partial charge on any atom is -0.336 e. The molecular weight excluding hydrogens is 440 g/mol. The van der Waals surface area contributed by atoms with Gasteiger partial charge in [-0.25, -0.2) is 4.98 Å². The molecule has 0 unspecified atom stereocenters. The minimum atomic E-state index is -0.224. The van der Waals surface area contributed by atoms with Gasteiger partial charge in [0.25, 0.3) is 5.91 Å². The van der Waals surface area contributed by atoms with Crippen molar-refractivity contribution in [3.8, 4) is 0 Å². The fourth-order valence-corrected chi connectivity index (χ4v) is 4.09. The summed E-state index contributed by atoms with van der Waals surface area (Å²) in [7, 11) is 0. The second-order valence-corrected chi connectivity index (χ2v) is 8.46. The van der Waals surface area contributed by atoms with Crippen molar-refractivity contribution in [1.82, 2.24) is 25.2 Å². The van der Waals surface area contributed by atoms with Gasteiger partial charge >= 0.3 is 0 Å². The van der Waals surface area contributed by atoms with E-state index < -0.39 is 0 Å². The number of imidazole rings is 1. The Kier molecular flexibility index (Phi) is 6.72. The molecule has 0 spiro atoms. The Morgan fingerprint density at radius 1 is 1.09 bits per heavy atom. The maximum absolute atomic E-state index is 13.1. The van der Waals surface area contributed by atoms with Crippen LogP contribution in [-0.2, 0) is 6.42 Å². The summed E-state index contributed by atoms with van der Waals surface area (Å²) in [5, 5.41) is 3.25. The molecule has 1 fully saturated rings. The number of hydrogen-bond acceptors (Lipinski definition) is 6. The fraction of sp³-hybridized carbons (Fsp3) is 0.222. The number of allylic oxidation sites excluding steroid dienone is 5. The van der Waals surface area contributed by atoms with Crippen molar-refractivity contribution in [2.45, 2.75) is 12.8 Å². The zero-order chi connectivity index (χ0) is 24.0. The highest BCUT2D eigenvalue weighted by Crippen LogP contribution is 2.18. The summed E-state index contributed by atoms with van der Waals surface area (Å²) in [6, 6.07) is 8.75. The zero-order valence-corrected chi connectivity index (χ0v) is 19.3.